The third-order valence-electron chi connectivity index (χ3n) is 11.8. The lowest BCUT2D eigenvalue weighted by atomic mass is 9.90. The summed E-state index contributed by atoms with van der Waals surface area (Å²) in [6.45, 7) is 17.1. The van der Waals surface area contributed by atoms with Crippen molar-refractivity contribution >= 4 is 23.6 Å². The van der Waals surface area contributed by atoms with Crippen LogP contribution in [-0.4, -0.2) is 126 Å². The number of H-pyrrole nitrogens is 1. The smallest absolute Gasteiger partial charge is 0.242 e. The first-order valence-electron chi connectivity index (χ1n) is 21.7. The summed E-state index contributed by atoms with van der Waals surface area (Å²) in [5.74, 6) is -0.658. The van der Waals surface area contributed by atoms with E-state index < -0.39 is 18.1 Å². The summed E-state index contributed by atoms with van der Waals surface area (Å²) in [5, 5.41) is 12.6. The predicted molar refractivity (Wildman–Crippen MR) is 231 cm³/mol. The number of methoxy groups -OCH3 is 2. The van der Waals surface area contributed by atoms with Gasteiger partial charge in [0.05, 0.1) is 61.5 Å². The van der Waals surface area contributed by atoms with Crippen LogP contribution in [0.15, 0.2) is 42.6 Å². The van der Waals surface area contributed by atoms with Crippen LogP contribution in [0.4, 0.5) is 0 Å². The molecule has 1 saturated carbocycles. The second-order valence-corrected chi connectivity index (χ2v) is 15.9. The van der Waals surface area contributed by atoms with E-state index in [0.717, 1.165) is 44.2 Å². The van der Waals surface area contributed by atoms with E-state index in [1.807, 2.05) is 50.9 Å². The van der Waals surface area contributed by atoms with Crippen molar-refractivity contribution in [1.82, 2.24) is 35.5 Å². The van der Waals surface area contributed by atoms with Crippen LogP contribution >= 0.6 is 0 Å². The topological polar surface area (TPSA) is 149 Å². The number of aromatic nitrogens is 2. The van der Waals surface area contributed by atoms with Crippen LogP contribution in [0.1, 0.15) is 111 Å². The van der Waals surface area contributed by atoms with E-state index in [1.54, 1.807) is 38.4 Å². The van der Waals surface area contributed by atoms with Crippen molar-refractivity contribution in [3.8, 4) is 0 Å². The zero-order valence-corrected chi connectivity index (χ0v) is 37.8. The predicted octanol–water partition coefficient (Wildman–Crippen LogP) is 5.98. The number of carbonyl (C=O) groups excluding carboxylic acids is 4. The Morgan fingerprint density at radius 3 is 2.17 bits per heavy atom. The van der Waals surface area contributed by atoms with Gasteiger partial charge in [-0.2, -0.15) is 5.10 Å². The molecule has 9 unspecified atom stereocenters. The van der Waals surface area contributed by atoms with Gasteiger partial charge in [-0.25, -0.2) is 0 Å². The fourth-order valence-corrected chi connectivity index (χ4v) is 8.59. The van der Waals surface area contributed by atoms with Gasteiger partial charge in [0, 0.05) is 40.1 Å². The van der Waals surface area contributed by atoms with E-state index in [4.69, 9.17) is 9.47 Å². The molecule has 328 valence electrons. The average Bonchev–Trinajstić information content (AvgIpc) is 4.07. The molecule has 1 aliphatic carbocycles. The molecular weight excluding hydrogens is 735 g/mol. The number of likely N-dealkylation sites (tertiary alicyclic amines) is 2. The lowest BCUT2D eigenvalue weighted by Gasteiger charge is -2.39. The maximum atomic E-state index is 13.9. The first-order chi connectivity index (χ1) is 27.8. The number of hydrogen-bond donors (Lipinski definition) is 3. The Hall–Kier alpha value is -3.81. The summed E-state index contributed by atoms with van der Waals surface area (Å²) in [7, 11) is 6.88. The van der Waals surface area contributed by atoms with E-state index in [9.17, 15) is 19.2 Å². The van der Waals surface area contributed by atoms with Gasteiger partial charge in [0.25, 0.3) is 0 Å². The molecule has 2 aliphatic heterocycles. The number of hydrogen-bond acceptors (Lipinski definition) is 8. The Bertz CT molecular complexity index is 1470. The number of aryl methyl sites for hydroxylation is 1. The number of amides is 4. The Balaban J connectivity index is 0.000000841. The molecule has 3 N–H and O–H groups in total. The first-order valence-corrected chi connectivity index (χ1v) is 21.7. The minimum absolute atomic E-state index is 0.0405. The molecule has 4 amide bonds. The number of ether oxygens (including phenoxy) is 2. The van der Waals surface area contributed by atoms with Gasteiger partial charge in [0.1, 0.15) is 0 Å². The largest absolute Gasteiger partial charge is 0.379 e. The van der Waals surface area contributed by atoms with Gasteiger partial charge in [-0.05, 0) is 64.0 Å². The van der Waals surface area contributed by atoms with Gasteiger partial charge in [-0.3, -0.25) is 29.2 Å². The molecule has 0 radical (unpaired) electrons. The molecule has 5 rings (SSSR count). The molecule has 0 spiro atoms. The molecule has 2 aromatic rings. The Labute approximate surface area is 349 Å². The standard InChI is InChI=1S/C33H55N7O6.C7H8.C3H8.C2H6/c1-8-20(2)29(39(5)28(42)19-35-33(44)30-22-11-12-24(16-22)38(30)4)26(45-6)17-27(41)40-15-9-10-25(40)31(46-7)21(3)32(43)34-18-23-13-14-36-37-23;1-7-5-3-2-4-6-7;1-3-2;1-2/h13-14,20-22,24-26,29-31H,8-12,15-19H2,1-7H3,(H,34,43)(H,35,44)(H,36,37);2-6H,1H3;3H2,1-2H3;1-2H3. The van der Waals surface area contributed by atoms with Crippen molar-refractivity contribution in [2.24, 2.45) is 17.8 Å². The van der Waals surface area contributed by atoms with Crippen LogP contribution in [0.25, 0.3) is 0 Å². The van der Waals surface area contributed by atoms with Crippen LogP contribution in [0.3, 0.4) is 0 Å². The Kier molecular flexibility index (Phi) is 22.8. The molecule has 13 heteroatoms. The minimum atomic E-state index is -0.554. The highest BCUT2D eigenvalue weighted by Crippen LogP contribution is 2.41. The molecule has 3 heterocycles. The molecule has 13 nitrogen and oxygen atoms in total. The molecule has 58 heavy (non-hydrogen) atoms. The maximum Gasteiger partial charge on any atom is 0.242 e. The number of fused-ring (bicyclic) bond motifs is 2. The van der Waals surface area contributed by atoms with Crippen molar-refractivity contribution in [2.75, 3.05) is 41.4 Å². The van der Waals surface area contributed by atoms with E-state index in [0.29, 0.717) is 25.0 Å². The number of carbonyl (C=O) groups is 4. The van der Waals surface area contributed by atoms with E-state index in [1.165, 1.54) is 12.0 Å². The molecule has 2 bridgehead atoms. The summed E-state index contributed by atoms with van der Waals surface area (Å²) < 4.78 is 11.8. The number of rotatable bonds is 16. The molecular formula is C45H77N7O6. The minimum Gasteiger partial charge on any atom is -0.379 e. The van der Waals surface area contributed by atoms with Gasteiger partial charge >= 0.3 is 0 Å². The lowest BCUT2D eigenvalue weighted by molar-refractivity contribution is -0.146. The molecule has 1 aromatic heterocycles. The quantitative estimate of drug-likeness (QED) is 0.188. The average molecular weight is 812 g/mol. The van der Waals surface area contributed by atoms with Crippen molar-refractivity contribution in [2.45, 2.75) is 150 Å². The lowest BCUT2D eigenvalue weighted by Crippen LogP contribution is -2.55. The summed E-state index contributed by atoms with van der Waals surface area (Å²) in [6, 6.07) is 11.7. The summed E-state index contributed by atoms with van der Waals surface area (Å²) in [6.07, 6.45) is 7.47. The number of piperidine rings is 1. The fourth-order valence-electron chi connectivity index (χ4n) is 8.59. The maximum absolute atomic E-state index is 13.9. The number of likely N-dealkylation sites (N-methyl/N-ethyl adjacent to an activating group) is 2. The highest BCUT2D eigenvalue weighted by Gasteiger charge is 2.47. The van der Waals surface area contributed by atoms with Gasteiger partial charge < -0.3 is 29.9 Å². The van der Waals surface area contributed by atoms with E-state index >= 15 is 0 Å². The third-order valence-corrected chi connectivity index (χ3v) is 11.8. The van der Waals surface area contributed by atoms with Crippen LogP contribution in [0, 0.1) is 24.7 Å². The zero-order valence-electron chi connectivity index (χ0n) is 37.8. The van der Waals surface area contributed by atoms with Crippen molar-refractivity contribution in [1.29, 1.82) is 0 Å². The number of nitrogens with one attached hydrogen (secondary N) is 3. The van der Waals surface area contributed by atoms with Gasteiger partial charge in [-0.1, -0.05) is 97.2 Å². The number of benzene rings is 1. The third kappa shape index (κ3) is 14.2. The van der Waals surface area contributed by atoms with E-state index in [2.05, 4.69) is 72.5 Å². The van der Waals surface area contributed by atoms with Crippen molar-refractivity contribution in [3.63, 3.8) is 0 Å². The van der Waals surface area contributed by atoms with Crippen LogP contribution < -0.4 is 10.6 Å². The molecule has 1 aromatic carbocycles. The summed E-state index contributed by atoms with van der Waals surface area (Å²) >= 11 is 0. The summed E-state index contributed by atoms with van der Waals surface area (Å²) in [4.78, 5) is 59.1. The zero-order chi connectivity index (χ0) is 43.4. The van der Waals surface area contributed by atoms with Crippen molar-refractivity contribution in [3.05, 3.63) is 53.9 Å². The molecule has 3 aliphatic rings. The van der Waals surface area contributed by atoms with Crippen LogP contribution in [-0.2, 0) is 35.2 Å². The molecule has 3 fully saturated rings. The summed E-state index contributed by atoms with van der Waals surface area (Å²) in [5.41, 5.74) is 2.12. The van der Waals surface area contributed by atoms with E-state index in [-0.39, 0.29) is 60.6 Å². The highest BCUT2D eigenvalue weighted by atomic mass is 16.5. The Morgan fingerprint density at radius 2 is 1.66 bits per heavy atom. The van der Waals surface area contributed by atoms with Gasteiger partial charge in [-0.15, -0.1) is 0 Å². The fraction of sp³-hybridized carbons (Fsp3) is 0.711. The monoisotopic (exact) mass is 812 g/mol. The number of aromatic amines is 1. The number of nitrogens with zero attached hydrogens (tertiary/aromatic N) is 4. The molecule has 9 atom stereocenters. The second kappa shape index (κ2) is 26.3. The normalized spacial score (nSPS) is 22.0. The van der Waals surface area contributed by atoms with Crippen LogP contribution in [0.2, 0.25) is 0 Å². The van der Waals surface area contributed by atoms with Crippen molar-refractivity contribution < 1.29 is 28.7 Å². The van der Waals surface area contributed by atoms with Gasteiger partial charge in [0.2, 0.25) is 23.6 Å². The molecule has 2 saturated heterocycles. The first kappa shape index (κ1) is 50.3. The van der Waals surface area contributed by atoms with Crippen LogP contribution in [0.5, 0.6) is 0 Å². The highest BCUT2D eigenvalue weighted by molar-refractivity contribution is 5.88. The van der Waals surface area contributed by atoms with Gasteiger partial charge in [0.15, 0.2) is 0 Å². The SMILES string of the molecule is CC.CCC.CCC(C)C(C(CC(=O)N1CCCC1C(OC)C(C)C(=O)NCc1ccn[nH]1)OC)N(C)C(=O)CNC(=O)C1C2CCC(C2)N1C.Cc1ccccc1. The second-order valence-electron chi connectivity index (χ2n) is 15.9. The Morgan fingerprint density at radius 1 is 0.983 bits per heavy atom.